The highest BCUT2D eigenvalue weighted by Crippen LogP contribution is 2.29. The molecule has 1 unspecified atom stereocenters. The van der Waals surface area contributed by atoms with Crippen LogP contribution in [0.3, 0.4) is 0 Å². The van der Waals surface area contributed by atoms with Crippen LogP contribution in [0.4, 0.5) is 8.78 Å². The number of benzene rings is 1. The van der Waals surface area contributed by atoms with Crippen molar-refractivity contribution in [2.45, 2.75) is 26.3 Å². The maximum Gasteiger partial charge on any atom is 0.137 e. The van der Waals surface area contributed by atoms with Crippen LogP contribution in [0, 0.1) is 18.6 Å². The van der Waals surface area contributed by atoms with E-state index in [-0.39, 0.29) is 10.0 Å². The van der Waals surface area contributed by atoms with Gasteiger partial charge in [0.25, 0.3) is 0 Å². The van der Waals surface area contributed by atoms with Gasteiger partial charge in [0.1, 0.15) is 17.4 Å². The molecule has 20 heavy (non-hydrogen) atoms. The van der Waals surface area contributed by atoms with Crippen molar-refractivity contribution >= 4 is 15.9 Å². The molecule has 0 saturated carbocycles. The van der Waals surface area contributed by atoms with Crippen molar-refractivity contribution in [3.8, 4) is 0 Å². The van der Waals surface area contributed by atoms with Crippen LogP contribution in [0.15, 0.2) is 33.4 Å². The van der Waals surface area contributed by atoms with Crippen LogP contribution in [0.1, 0.15) is 36.3 Å². The molecule has 0 fully saturated rings. The van der Waals surface area contributed by atoms with E-state index in [4.69, 9.17) is 4.42 Å². The molecule has 0 saturated heterocycles. The molecule has 1 atom stereocenters. The summed E-state index contributed by atoms with van der Waals surface area (Å²) in [5.41, 5.74) is 1.07. The number of aryl methyl sites for hydroxylation is 1. The molecule has 0 radical (unpaired) electrons. The molecule has 0 spiro atoms. The molecule has 2 nitrogen and oxygen atoms in total. The van der Waals surface area contributed by atoms with Gasteiger partial charge in [-0.15, -0.1) is 0 Å². The van der Waals surface area contributed by atoms with E-state index >= 15 is 0 Å². The van der Waals surface area contributed by atoms with E-state index in [1.165, 1.54) is 6.07 Å². The summed E-state index contributed by atoms with van der Waals surface area (Å²) in [6.07, 6.45) is 2.47. The lowest BCUT2D eigenvalue weighted by atomic mass is 10.00. The minimum absolute atomic E-state index is 0.122. The van der Waals surface area contributed by atoms with Gasteiger partial charge in [-0.05, 0) is 54.0 Å². The zero-order valence-corrected chi connectivity index (χ0v) is 12.9. The second kappa shape index (κ2) is 6.50. The lowest BCUT2D eigenvalue weighted by Crippen LogP contribution is -2.24. The molecule has 1 heterocycles. The van der Waals surface area contributed by atoms with Crippen molar-refractivity contribution in [3.05, 3.63) is 57.5 Å². The summed E-state index contributed by atoms with van der Waals surface area (Å²) in [5, 5.41) is 3.22. The van der Waals surface area contributed by atoms with Gasteiger partial charge in [-0.25, -0.2) is 8.78 Å². The molecule has 1 N–H and O–H groups in total. The molecule has 0 amide bonds. The van der Waals surface area contributed by atoms with Crippen molar-refractivity contribution < 1.29 is 13.2 Å². The first-order valence-electron chi connectivity index (χ1n) is 6.45. The molecule has 2 aromatic rings. The highest BCUT2D eigenvalue weighted by atomic mass is 79.9. The Balaban J connectivity index is 2.43. The highest BCUT2D eigenvalue weighted by Gasteiger charge is 2.21. The van der Waals surface area contributed by atoms with E-state index in [0.717, 1.165) is 23.8 Å². The number of halogens is 3. The fourth-order valence-corrected chi connectivity index (χ4v) is 2.39. The molecule has 1 aromatic carbocycles. The van der Waals surface area contributed by atoms with Crippen LogP contribution >= 0.6 is 15.9 Å². The molecular weight excluding hydrogens is 328 g/mol. The topological polar surface area (TPSA) is 25.2 Å². The molecule has 0 aliphatic heterocycles. The molecule has 1 aromatic heterocycles. The van der Waals surface area contributed by atoms with Crippen LogP contribution < -0.4 is 5.32 Å². The van der Waals surface area contributed by atoms with Crippen molar-refractivity contribution in [2.75, 3.05) is 6.54 Å². The van der Waals surface area contributed by atoms with E-state index in [1.54, 1.807) is 6.26 Å². The summed E-state index contributed by atoms with van der Waals surface area (Å²) in [6.45, 7) is 4.54. The van der Waals surface area contributed by atoms with Crippen LogP contribution in [-0.4, -0.2) is 6.54 Å². The predicted molar refractivity (Wildman–Crippen MR) is 77.6 cm³/mol. The van der Waals surface area contributed by atoms with Gasteiger partial charge in [0.2, 0.25) is 0 Å². The van der Waals surface area contributed by atoms with Crippen LogP contribution in [0.5, 0.6) is 0 Å². The number of nitrogens with one attached hydrogen (secondary N) is 1. The Labute approximate surface area is 125 Å². The Hall–Kier alpha value is -1.20. The SMILES string of the molecule is CCCNC(c1coc(C)c1)c1cc(F)c(Br)cc1F. The molecule has 5 heteroatoms. The predicted octanol–water partition coefficient (Wildman–Crippen LogP) is 4.72. The van der Waals surface area contributed by atoms with Gasteiger partial charge in [-0.2, -0.15) is 0 Å². The Morgan fingerprint density at radius 1 is 1.25 bits per heavy atom. The smallest absolute Gasteiger partial charge is 0.137 e. The van der Waals surface area contributed by atoms with Gasteiger partial charge >= 0.3 is 0 Å². The fraction of sp³-hybridized carbons (Fsp3) is 0.333. The molecular formula is C15H16BrF2NO. The van der Waals surface area contributed by atoms with Crippen molar-refractivity contribution in [2.24, 2.45) is 0 Å². The van der Waals surface area contributed by atoms with E-state index in [9.17, 15) is 8.78 Å². The van der Waals surface area contributed by atoms with Crippen LogP contribution in [-0.2, 0) is 0 Å². The Kier molecular flexibility index (Phi) is 4.94. The minimum atomic E-state index is -0.482. The Morgan fingerprint density at radius 2 is 2.00 bits per heavy atom. The van der Waals surface area contributed by atoms with Gasteiger partial charge < -0.3 is 9.73 Å². The van der Waals surface area contributed by atoms with Gasteiger partial charge in [0.05, 0.1) is 16.8 Å². The average Bonchev–Trinajstić information content (AvgIpc) is 2.82. The van der Waals surface area contributed by atoms with Gasteiger partial charge in [-0.3, -0.25) is 0 Å². The van der Waals surface area contributed by atoms with E-state index in [1.807, 2.05) is 19.9 Å². The van der Waals surface area contributed by atoms with E-state index in [0.29, 0.717) is 6.54 Å². The molecule has 0 aliphatic carbocycles. The largest absolute Gasteiger partial charge is 0.469 e. The monoisotopic (exact) mass is 343 g/mol. The Bertz CT molecular complexity index is 598. The van der Waals surface area contributed by atoms with Gasteiger partial charge in [-0.1, -0.05) is 6.92 Å². The number of hydrogen-bond donors (Lipinski definition) is 1. The standard InChI is InChI=1S/C15H16BrF2NO/c1-3-4-19-15(10-5-9(2)20-8-10)11-6-14(18)12(16)7-13(11)17/h5-8,15,19H,3-4H2,1-2H3. The molecule has 0 bridgehead atoms. The lowest BCUT2D eigenvalue weighted by molar-refractivity contribution is 0.512. The van der Waals surface area contributed by atoms with Crippen molar-refractivity contribution in [3.63, 3.8) is 0 Å². The first-order valence-corrected chi connectivity index (χ1v) is 7.25. The first-order chi connectivity index (χ1) is 9.52. The van der Waals surface area contributed by atoms with E-state index in [2.05, 4.69) is 21.2 Å². The third-order valence-electron chi connectivity index (χ3n) is 3.03. The summed E-state index contributed by atoms with van der Waals surface area (Å²) in [6, 6.07) is 3.77. The van der Waals surface area contributed by atoms with Crippen molar-refractivity contribution in [1.82, 2.24) is 5.32 Å². The Morgan fingerprint density at radius 3 is 2.60 bits per heavy atom. The summed E-state index contributed by atoms with van der Waals surface area (Å²) >= 11 is 2.99. The second-order valence-electron chi connectivity index (χ2n) is 4.67. The zero-order chi connectivity index (χ0) is 14.7. The maximum absolute atomic E-state index is 14.1. The van der Waals surface area contributed by atoms with E-state index < -0.39 is 17.7 Å². The van der Waals surface area contributed by atoms with Crippen LogP contribution in [0.25, 0.3) is 0 Å². The van der Waals surface area contributed by atoms with Gasteiger partial charge in [0.15, 0.2) is 0 Å². The van der Waals surface area contributed by atoms with Crippen LogP contribution in [0.2, 0.25) is 0 Å². The summed E-state index contributed by atoms with van der Waals surface area (Å²) in [7, 11) is 0. The lowest BCUT2D eigenvalue weighted by Gasteiger charge is -2.18. The zero-order valence-electron chi connectivity index (χ0n) is 11.3. The fourth-order valence-electron chi connectivity index (χ4n) is 2.07. The third-order valence-corrected chi connectivity index (χ3v) is 3.64. The number of furan rings is 1. The summed E-state index contributed by atoms with van der Waals surface area (Å²) < 4.78 is 33.2. The normalized spacial score (nSPS) is 12.7. The quantitative estimate of drug-likeness (QED) is 0.794. The van der Waals surface area contributed by atoms with Crippen molar-refractivity contribution in [1.29, 1.82) is 0 Å². The summed E-state index contributed by atoms with van der Waals surface area (Å²) in [4.78, 5) is 0. The molecule has 2 rings (SSSR count). The number of rotatable bonds is 5. The summed E-state index contributed by atoms with van der Waals surface area (Å²) in [5.74, 6) is -0.197. The number of hydrogen-bond acceptors (Lipinski definition) is 2. The molecule has 0 aliphatic rings. The maximum atomic E-state index is 14.1. The minimum Gasteiger partial charge on any atom is -0.469 e. The first kappa shape index (κ1) is 15.2. The highest BCUT2D eigenvalue weighted by molar-refractivity contribution is 9.10. The third kappa shape index (κ3) is 3.27. The molecule has 108 valence electrons. The average molecular weight is 344 g/mol. The second-order valence-corrected chi connectivity index (χ2v) is 5.52. The van der Waals surface area contributed by atoms with Gasteiger partial charge in [0, 0.05) is 11.1 Å².